The van der Waals surface area contributed by atoms with E-state index in [0.29, 0.717) is 0 Å². The summed E-state index contributed by atoms with van der Waals surface area (Å²) in [7, 11) is 0. The Labute approximate surface area is 97.6 Å². The van der Waals surface area contributed by atoms with E-state index in [1.165, 1.54) is 0 Å². The summed E-state index contributed by atoms with van der Waals surface area (Å²) in [6.45, 7) is 0.916. The topological polar surface area (TPSA) is 33.2 Å². The Bertz CT molecular complexity index is 356. The minimum absolute atomic E-state index is 0.00931. The lowest BCUT2D eigenvalue weighted by Crippen LogP contribution is -2.41. The summed E-state index contributed by atoms with van der Waals surface area (Å²) in [5.41, 5.74) is 0. The van der Waals surface area contributed by atoms with E-state index in [0.717, 1.165) is 42.4 Å². The van der Waals surface area contributed by atoms with E-state index in [2.05, 4.69) is 25.8 Å². The molecule has 1 saturated heterocycles. The third-order valence-corrected chi connectivity index (χ3v) is 3.34. The monoisotopic (exact) mass is 268 g/mol. The van der Waals surface area contributed by atoms with E-state index in [1.807, 2.05) is 12.1 Å². The fraction of sp³-hybridized carbons (Fsp3) is 0.455. The molecule has 15 heavy (non-hydrogen) atoms. The molecule has 80 valence electrons. The molecule has 1 aromatic heterocycles. The van der Waals surface area contributed by atoms with E-state index in [-0.39, 0.29) is 6.04 Å². The van der Waals surface area contributed by atoms with Gasteiger partial charge in [-0.1, -0.05) is 0 Å². The van der Waals surface area contributed by atoms with Crippen molar-refractivity contribution in [3.63, 3.8) is 0 Å². The highest BCUT2D eigenvalue weighted by molar-refractivity contribution is 9.10. The van der Waals surface area contributed by atoms with E-state index in [9.17, 15) is 4.79 Å². The van der Waals surface area contributed by atoms with Crippen molar-refractivity contribution in [2.24, 2.45) is 0 Å². The summed E-state index contributed by atoms with van der Waals surface area (Å²) in [4.78, 5) is 17.4. The predicted octanol–water partition coefficient (Wildman–Crippen LogP) is 2.40. The minimum atomic E-state index is -0.00931. The lowest BCUT2D eigenvalue weighted by Gasteiger charge is -2.33. The zero-order chi connectivity index (χ0) is 10.7. The van der Waals surface area contributed by atoms with Gasteiger partial charge in [0, 0.05) is 12.7 Å². The third-order valence-electron chi connectivity index (χ3n) is 2.72. The van der Waals surface area contributed by atoms with Crippen LogP contribution in [0, 0.1) is 0 Å². The lowest BCUT2D eigenvalue weighted by molar-refractivity contribution is -0.109. The number of nitrogens with zero attached hydrogens (tertiary/aromatic N) is 2. The molecule has 0 saturated carbocycles. The fourth-order valence-electron chi connectivity index (χ4n) is 1.95. The van der Waals surface area contributed by atoms with Crippen LogP contribution in [0.1, 0.15) is 19.3 Å². The molecular weight excluding hydrogens is 256 g/mol. The number of hydrogen-bond donors (Lipinski definition) is 0. The second kappa shape index (κ2) is 4.75. The molecule has 0 aliphatic carbocycles. The average molecular weight is 269 g/mol. The molecule has 1 unspecified atom stereocenters. The van der Waals surface area contributed by atoms with Crippen molar-refractivity contribution in [2.45, 2.75) is 25.3 Å². The van der Waals surface area contributed by atoms with Crippen molar-refractivity contribution in [3.05, 3.63) is 22.8 Å². The van der Waals surface area contributed by atoms with E-state index >= 15 is 0 Å². The Morgan fingerprint density at radius 2 is 2.40 bits per heavy atom. The van der Waals surface area contributed by atoms with Gasteiger partial charge in [-0.3, -0.25) is 0 Å². The number of pyridine rings is 1. The van der Waals surface area contributed by atoms with Gasteiger partial charge in [-0.25, -0.2) is 4.98 Å². The van der Waals surface area contributed by atoms with Crippen LogP contribution in [-0.2, 0) is 4.79 Å². The number of aldehydes is 1. The summed E-state index contributed by atoms with van der Waals surface area (Å²) >= 11 is 3.47. The van der Waals surface area contributed by atoms with Crippen molar-refractivity contribution >= 4 is 28.0 Å². The molecule has 2 heterocycles. The van der Waals surface area contributed by atoms with Crippen LogP contribution in [0.5, 0.6) is 0 Å². The number of halogens is 1. The number of rotatable bonds is 2. The van der Waals surface area contributed by atoms with Crippen LogP contribution in [0.25, 0.3) is 0 Å². The van der Waals surface area contributed by atoms with Gasteiger partial charge in [0.15, 0.2) is 0 Å². The maximum atomic E-state index is 11.0. The zero-order valence-corrected chi connectivity index (χ0v) is 9.98. The standard InChI is InChI=1S/C11H13BrN2O/c12-10-5-3-6-13-11(10)14-7-2-1-4-9(14)8-15/h3,5-6,8-9H,1-2,4,7H2. The Kier molecular flexibility index (Phi) is 3.36. The smallest absolute Gasteiger partial charge is 0.143 e. The molecule has 1 aliphatic rings. The van der Waals surface area contributed by atoms with Gasteiger partial charge < -0.3 is 9.69 Å². The van der Waals surface area contributed by atoms with Crippen LogP contribution >= 0.6 is 15.9 Å². The van der Waals surface area contributed by atoms with Crippen LogP contribution in [0.3, 0.4) is 0 Å². The molecule has 1 aliphatic heterocycles. The van der Waals surface area contributed by atoms with Crippen molar-refractivity contribution in [1.82, 2.24) is 4.98 Å². The summed E-state index contributed by atoms with van der Waals surface area (Å²) in [5, 5.41) is 0. The number of anilines is 1. The van der Waals surface area contributed by atoms with E-state index in [1.54, 1.807) is 6.20 Å². The molecule has 3 nitrogen and oxygen atoms in total. The highest BCUT2D eigenvalue weighted by atomic mass is 79.9. The zero-order valence-electron chi connectivity index (χ0n) is 8.40. The van der Waals surface area contributed by atoms with Crippen LogP contribution in [0.2, 0.25) is 0 Å². The Morgan fingerprint density at radius 3 is 3.13 bits per heavy atom. The first-order chi connectivity index (χ1) is 7.33. The Balaban J connectivity index is 2.28. The lowest BCUT2D eigenvalue weighted by atomic mass is 10.0. The second-order valence-electron chi connectivity index (χ2n) is 3.70. The summed E-state index contributed by atoms with van der Waals surface area (Å²) in [6.07, 6.45) is 5.99. The SMILES string of the molecule is O=CC1CCCCN1c1ncccc1Br. The van der Waals surface area contributed by atoms with Gasteiger partial charge in [0.2, 0.25) is 0 Å². The van der Waals surface area contributed by atoms with Gasteiger partial charge in [0.05, 0.1) is 10.5 Å². The van der Waals surface area contributed by atoms with Gasteiger partial charge in [0.1, 0.15) is 12.1 Å². The maximum Gasteiger partial charge on any atom is 0.143 e. The molecule has 2 rings (SSSR count). The van der Waals surface area contributed by atoms with Crippen LogP contribution < -0.4 is 4.90 Å². The number of carbonyl (C=O) groups is 1. The molecule has 0 spiro atoms. The van der Waals surface area contributed by atoms with Gasteiger partial charge >= 0.3 is 0 Å². The third kappa shape index (κ3) is 2.20. The number of hydrogen-bond acceptors (Lipinski definition) is 3. The number of piperidine rings is 1. The molecule has 0 amide bonds. The first kappa shape index (κ1) is 10.6. The molecule has 0 radical (unpaired) electrons. The fourth-order valence-corrected chi connectivity index (χ4v) is 2.43. The minimum Gasteiger partial charge on any atom is -0.346 e. The molecule has 1 aromatic rings. The Morgan fingerprint density at radius 1 is 1.53 bits per heavy atom. The first-order valence-electron chi connectivity index (χ1n) is 5.15. The Hall–Kier alpha value is -0.900. The number of carbonyl (C=O) groups excluding carboxylic acids is 1. The predicted molar refractivity (Wildman–Crippen MR) is 63.0 cm³/mol. The molecule has 0 aromatic carbocycles. The van der Waals surface area contributed by atoms with Crippen LogP contribution in [0.4, 0.5) is 5.82 Å². The van der Waals surface area contributed by atoms with Gasteiger partial charge in [-0.2, -0.15) is 0 Å². The second-order valence-corrected chi connectivity index (χ2v) is 4.56. The quantitative estimate of drug-likeness (QED) is 0.773. The molecular formula is C11H13BrN2O. The van der Waals surface area contributed by atoms with Crippen molar-refractivity contribution < 1.29 is 4.79 Å². The average Bonchev–Trinajstić information content (AvgIpc) is 2.30. The molecule has 0 N–H and O–H groups in total. The van der Waals surface area contributed by atoms with Gasteiger partial charge in [0.25, 0.3) is 0 Å². The van der Waals surface area contributed by atoms with E-state index < -0.39 is 0 Å². The molecule has 1 atom stereocenters. The van der Waals surface area contributed by atoms with Crippen LogP contribution in [0.15, 0.2) is 22.8 Å². The summed E-state index contributed by atoms with van der Waals surface area (Å²) in [6, 6.07) is 3.83. The van der Waals surface area contributed by atoms with Crippen molar-refractivity contribution in [1.29, 1.82) is 0 Å². The first-order valence-corrected chi connectivity index (χ1v) is 5.94. The van der Waals surface area contributed by atoms with Gasteiger partial charge in [-0.15, -0.1) is 0 Å². The number of aromatic nitrogens is 1. The molecule has 4 heteroatoms. The highest BCUT2D eigenvalue weighted by Gasteiger charge is 2.24. The van der Waals surface area contributed by atoms with Crippen LogP contribution in [-0.4, -0.2) is 23.9 Å². The highest BCUT2D eigenvalue weighted by Crippen LogP contribution is 2.28. The van der Waals surface area contributed by atoms with E-state index in [4.69, 9.17) is 0 Å². The summed E-state index contributed by atoms with van der Waals surface area (Å²) in [5.74, 6) is 0.884. The normalized spacial score (nSPS) is 21.4. The molecule has 1 fully saturated rings. The largest absolute Gasteiger partial charge is 0.346 e. The maximum absolute atomic E-state index is 11.0. The van der Waals surface area contributed by atoms with Gasteiger partial charge in [-0.05, 0) is 47.3 Å². The summed E-state index contributed by atoms with van der Waals surface area (Å²) < 4.78 is 0.957. The van der Waals surface area contributed by atoms with Crippen molar-refractivity contribution in [2.75, 3.05) is 11.4 Å². The molecule has 0 bridgehead atoms. The van der Waals surface area contributed by atoms with Crippen molar-refractivity contribution in [3.8, 4) is 0 Å².